The third-order valence-corrected chi connectivity index (χ3v) is 18.0. The second-order valence-corrected chi connectivity index (χ2v) is 23.6. The molecule has 6 atom stereocenters. The van der Waals surface area contributed by atoms with Gasteiger partial charge in [-0.2, -0.15) is 0 Å². The Bertz CT molecular complexity index is 2860. The number of rotatable bonds is 11. The number of likely N-dealkylation sites (tertiary alicyclic amines) is 2. The highest BCUT2D eigenvalue weighted by Gasteiger charge is 2.42. The van der Waals surface area contributed by atoms with Crippen molar-refractivity contribution in [3.05, 3.63) is 161 Å². The van der Waals surface area contributed by atoms with Crippen LogP contribution in [0.2, 0.25) is 0 Å². The molecule has 5 fully saturated rings. The summed E-state index contributed by atoms with van der Waals surface area (Å²) in [5.74, 6) is 2.91. The number of H-pyrrole nitrogens is 2. The molecule has 378 valence electrons. The molecule has 2 aliphatic carbocycles. The van der Waals surface area contributed by atoms with Gasteiger partial charge in [0.1, 0.15) is 11.6 Å². The number of hydrogen-bond donors (Lipinski definition) is 2. The summed E-state index contributed by atoms with van der Waals surface area (Å²) in [6.07, 6.45) is 17.6. The zero-order chi connectivity index (χ0) is 49.6. The number of fused-ring (bicyclic) bond motifs is 2. The van der Waals surface area contributed by atoms with Gasteiger partial charge in [-0.05, 0) is 146 Å². The molecule has 5 aliphatic rings. The molecule has 0 spiro atoms. The van der Waals surface area contributed by atoms with Gasteiger partial charge in [-0.25, -0.2) is 9.97 Å². The Morgan fingerprint density at radius 3 is 1.36 bits per heavy atom. The average Bonchev–Trinajstić information content (AvgIpc) is 4.29. The largest absolute Gasteiger partial charge is 0.357 e. The predicted octanol–water partition coefficient (Wildman–Crippen LogP) is 14.9. The Morgan fingerprint density at radius 2 is 0.932 bits per heavy atom. The molecular weight excluding hydrogens is 899 g/mol. The number of carbonyl (C=O) groups excluding carboxylic acids is 2. The Morgan fingerprint density at radius 1 is 0.493 bits per heavy atom. The summed E-state index contributed by atoms with van der Waals surface area (Å²) >= 11 is 0. The van der Waals surface area contributed by atoms with Crippen molar-refractivity contribution in [1.82, 2.24) is 29.7 Å². The fourth-order valence-corrected chi connectivity index (χ4v) is 14.3. The van der Waals surface area contributed by atoms with Gasteiger partial charge in [0.2, 0.25) is 11.8 Å². The highest BCUT2D eigenvalue weighted by molar-refractivity contribution is 5.86. The Labute approximate surface area is 432 Å². The van der Waals surface area contributed by atoms with E-state index < -0.39 is 0 Å². The number of aromatic nitrogens is 4. The first-order valence-corrected chi connectivity index (χ1v) is 28.2. The van der Waals surface area contributed by atoms with Crippen molar-refractivity contribution in [2.75, 3.05) is 18.0 Å². The van der Waals surface area contributed by atoms with E-state index >= 15 is 0 Å². The molecule has 3 saturated heterocycles. The molecule has 2 saturated carbocycles. The summed E-state index contributed by atoms with van der Waals surface area (Å²) in [4.78, 5) is 54.7. The molecule has 12 rings (SSSR count). The second kappa shape index (κ2) is 20.2. The van der Waals surface area contributed by atoms with Crippen LogP contribution in [0.1, 0.15) is 199 Å². The lowest BCUT2D eigenvalue weighted by molar-refractivity contribution is -0.136. The predicted molar refractivity (Wildman–Crippen MR) is 293 cm³/mol. The van der Waals surface area contributed by atoms with Crippen LogP contribution in [0.4, 0.5) is 5.69 Å². The average molecular weight is 974 g/mol. The number of amides is 2. The molecular formula is C64H75N7O2. The van der Waals surface area contributed by atoms with E-state index in [1.807, 2.05) is 0 Å². The lowest BCUT2D eigenvalue weighted by Gasteiger charge is -2.34. The van der Waals surface area contributed by atoms with Crippen LogP contribution >= 0.6 is 0 Å². The summed E-state index contributed by atoms with van der Waals surface area (Å²) in [6, 6.07) is 44.2. The van der Waals surface area contributed by atoms with Crippen molar-refractivity contribution in [3.63, 3.8) is 0 Å². The minimum atomic E-state index is -0.106. The van der Waals surface area contributed by atoms with E-state index in [1.165, 1.54) is 60.9 Å². The molecule has 0 radical (unpaired) electrons. The van der Waals surface area contributed by atoms with Gasteiger partial charge >= 0.3 is 0 Å². The molecule has 2 aromatic heterocycles. The fourth-order valence-electron chi connectivity index (χ4n) is 14.3. The van der Waals surface area contributed by atoms with Crippen molar-refractivity contribution in [1.29, 1.82) is 0 Å². The van der Waals surface area contributed by atoms with Crippen LogP contribution in [0.15, 0.2) is 121 Å². The third-order valence-electron chi connectivity index (χ3n) is 18.0. The molecule has 0 bridgehead atoms. The number of benzene rings is 5. The smallest absolute Gasteiger partial charge is 0.231 e. The van der Waals surface area contributed by atoms with Crippen LogP contribution in [-0.2, 0) is 15.0 Å². The summed E-state index contributed by atoms with van der Waals surface area (Å²) in [7, 11) is 0. The molecule has 7 aromatic rings. The number of anilines is 1. The molecule has 9 nitrogen and oxygen atoms in total. The lowest BCUT2D eigenvalue weighted by Crippen LogP contribution is -2.38. The molecule has 2 amide bonds. The van der Waals surface area contributed by atoms with Gasteiger partial charge in [-0.3, -0.25) is 9.59 Å². The minimum Gasteiger partial charge on any atom is -0.357 e. The quantitative estimate of drug-likeness (QED) is 0.134. The zero-order valence-electron chi connectivity index (χ0n) is 43.4. The van der Waals surface area contributed by atoms with E-state index in [-0.39, 0.29) is 53.2 Å². The van der Waals surface area contributed by atoms with Gasteiger partial charge in [0, 0.05) is 18.8 Å². The van der Waals surface area contributed by atoms with Crippen LogP contribution in [0.25, 0.3) is 22.1 Å². The summed E-state index contributed by atoms with van der Waals surface area (Å²) in [6.45, 7) is 8.39. The highest BCUT2D eigenvalue weighted by atomic mass is 16.2. The van der Waals surface area contributed by atoms with E-state index in [2.05, 4.69) is 167 Å². The molecule has 73 heavy (non-hydrogen) atoms. The van der Waals surface area contributed by atoms with Gasteiger partial charge in [-0.15, -0.1) is 0 Å². The van der Waals surface area contributed by atoms with Crippen LogP contribution in [0.3, 0.4) is 0 Å². The molecule has 3 unspecified atom stereocenters. The van der Waals surface area contributed by atoms with E-state index in [1.54, 1.807) is 0 Å². The molecule has 3 aliphatic heterocycles. The van der Waals surface area contributed by atoms with Gasteiger partial charge in [0.25, 0.3) is 0 Å². The molecule has 2 N–H and O–H groups in total. The first-order chi connectivity index (χ1) is 35.7. The van der Waals surface area contributed by atoms with Crippen LogP contribution in [-0.4, -0.2) is 54.6 Å². The van der Waals surface area contributed by atoms with Gasteiger partial charge in [0.15, 0.2) is 0 Å². The monoisotopic (exact) mass is 974 g/mol. The van der Waals surface area contributed by atoms with Crippen LogP contribution in [0.5, 0.6) is 0 Å². The van der Waals surface area contributed by atoms with Crippen molar-refractivity contribution >= 4 is 39.6 Å². The van der Waals surface area contributed by atoms with Gasteiger partial charge in [0.05, 0.1) is 58.1 Å². The van der Waals surface area contributed by atoms with Crippen molar-refractivity contribution in [2.24, 2.45) is 11.8 Å². The Balaban J connectivity index is 0.830. The summed E-state index contributed by atoms with van der Waals surface area (Å²) in [5, 5.41) is 0. The maximum absolute atomic E-state index is 14.8. The zero-order valence-corrected chi connectivity index (χ0v) is 43.4. The number of nitrogens with one attached hydrogen (secondary N) is 2. The van der Waals surface area contributed by atoms with Crippen molar-refractivity contribution < 1.29 is 9.59 Å². The highest BCUT2D eigenvalue weighted by Crippen LogP contribution is 2.49. The van der Waals surface area contributed by atoms with Gasteiger partial charge in [-0.1, -0.05) is 144 Å². The molecule has 5 heterocycles. The number of aromatic amines is 2. The molecule has 5 aromatic carbocycles. The standard InChI is InChI=1S/C64H75N7O2/c1-64(2,3)48-30-32-49(33-31-48)71-54(46-28-34-50-52(40-46)67-60(65-50)56-26-16-38-69(56)62(72)58(42-18-8-4-9-19-42)43-20-10-5-11-21-43)36-37-55(71)47-29-35-51-53(41-47)68-61(66-51)57-27-17-39-70(57)63(73)59(44-22-12-6-13-23-44)45-24-14-7-15-25-45/h4,6,8-9,12-13,18-19,22-23,28-35,40-41,43,45,54-59H,5,7,10-11,14-17,20-21,24-27,36-39H2,1-3H3,(H,65,67)(H,66,68)/t54-,55?,56+,57+,58?,59?/m1/s1. The van der Waals surface area contributed by atoms with E-state index in [9.17, 15) is 9.59 Å². The maximum atomic E-state index is 14.8. The van der Waals surface area contributed by atoms with Gasteiger partial charge < -0.3 is 24.7 Å². The topological polar surface area (TPSA) is 101 Å². The lowest BCUT2D eigenvalue weighted by atomic mass is 9.76. The minimum absolute atomic E-state index is 0.0464. The van der Waals surface area contributed by atoms with E-state index in [4.69, 9.17) is 9.97 Å². The first kappa shape index (κ1) is 47.8. The number of hydrogen-bond acceptors (Lipinski definition) is 5. The summed E-state index contributed by atoms with van der Waals surface area (Å²) < 4.78 is 0. The van der Waals surface area contributed by atoms with Crippen molar-refractivity contribution in [2.45, 2.75) is 165 Å². The number of nitrogens with zero attached hydrogens (tertiary/aromatic N) is 5. The number of carbonyl (C=O) groups is 2. The van der Waals surface area contributed by atoms with Crippen molar-refractivity contribution in [3.8, 4) is 0 Å². The normalized spacial score (nSPS) is 23.2. The second-order valence-electron chi connectivity index (χ2n) is 23.6. The fraction of sp³-hybridized carbons (Fsp3) is 0.469. The number of imidazole rings is 2. The first-order valence-electron chi connectivity index (χ1n) is 28.2. The Kier molecular flexibility index (Phi) is 13.2. The van der Waals surface area contributed by atoms with E-state index in [0.29, 0.717) is 11.8 Å². The maximum Gasteiger partial charge on any atom is 0.231 e. The SMILES string of the molecule is CC(C)(C)c1ccc(N2C(c3ccc4nc([C@@H]5CCCN5C(=O)C(c5ccccc5)C5CCCCC5)[nH]c4c3)CC[C@@H]2c2ccc3nc([C@@H]4CCCN4C(=O)C(c4ccccc4)C4CCCCC4)[nH]c3c2)cc1. The molecule has 9 heteroatoms. The van der Waals surface area contributed by atoms with E-state index in [0.717, 1.165) is 122 Å². The van der Waals surface area contributed by atoms with Crippen LogP contribution in [0, 0.1) is 11.8 Å². The van der Waals surface area contributed by atoms with Crippen LogP contribution < -0.4 is 4.90 Å². The summed E-state index contributed by atoms with van der Waals surface area (Å²) in [5.41, 5.74) is 11.4. The third kappa shape index (κ3) is 9.39. The Hall–Kier alpha value is -6.22.